The van der Waals surface area contributed by atoms with Gasteiger partial charge in [0.25, 0.3) is 11.8 Å². The van der Waals surface area contributed by atoms with E-state index in [4.69, 9.17) is 11.6 Å². The molecular formula is C18H13ClN2O5. The predicted molar refractivity (Wildman–Crippen MR) is 95.0 cm³/mol. The Bertz CT molecular complexity index is 984. The molecule has 4 amide bonds. The van der Waals surface area contributed by atoms with E-state index < -0.39 is 23.6 Å². The Morgan fingerprint density at radius 2 is 1.77 bits per heavy atom. The molecule has 1 heterocycles. The molecule has 0 aliphatic carbocycles. The van der Waals surface area contributed by atoms with Crippen molar-refractivity contribution in [2.75, 3.05) is 4.90 Å². The molecule has 0 bridgehead atoms. The van der Waals surface area contributed by atoms with Crippen LogP contribution in [0.5, 0.6) is 11.5 Å². The van der Waals surface area contributed by atoms with Crippen molar-refractivity contribution in [2.45, 2.75) is 6.92 Å². The summed E-state index contributed by atoms with van der Waals surface area (Å²) in [5, 5.41) is 21.4. The highest BCUT2D eigenvalue weighted by atomic mass is 35.5. The lowest BCUT2D eigenvalue weighted by atomic mass is 10.1. The molecule has 8 heteroatoms. The van der Waals surface area contributed by atoms with Crippen molar-refractivity contribution < 1.29 is 24.6 Å². The van der Waals surface area contributed by atoms with Gasteiger partial charge in [0.2, 0.25) is 0 Å². The maximum Gasteiger partial charge on any atom is 0.335 e. The van der Waals surface area contributed by atoms with E-state index in [0.717, 1.165) is 10.5 Å². The quantitative estimate of drug-likeness (QED) is 0.427. The number of aromatic hydroxyl groups is 2. The van der Waals surface area contributed by atoms with E-state index in [0.29, 0.717) is 10.6 Å². The summed E-state index contributed by atoms with van der Waals surface area (Å²) in [4.78, 5) is 37.7. The Hall–Kier alpha value is -3.32. The van der Waals surface area contributed by atoms with Crippen LogP contribution in [0.25, 0.3) is 6.08 Å². The molecule has 1 fully saturated rings. The third-order valence-electron chi connectivity index (χ3n) is 3.83. The normalized spacial score (nSPS) is 16.2. The lowest BCUT2D eigenvalue weighted by Crippen LogP contribution is -2.54. The number of rotatable bonds is 2. The molecule has 0 radical (unpaired) electrons. The van der Waals surface area contributed by atoms with E-state index in [9.17, 15) is 24.6 Å². The first-order valence-electron chi connectivity index (χ1n) is 7.47. The summed E-state index contributed by atoms with van der Waals surface area (Å²) in [5.74, 6) is -2.42. The molecule has 132 valence electrons. The number of phenols is 2. The van der Waals surface area contributed by atoms with Crippen molar-refractivity contribution in [1.29, 1.82) is 0 Å². The second kappa shape index (κ2) is 6.53. The van der Waals surface area contributed by atoms with Crippen LogP contribution in [0.1, 0.15) is 11.1 Å². The fourth-order valence-corrected chi connectivity index (χ4v) is 2.58. The van der Waals surface area contributed by atoms with Crippen LogP contribution in [0.2, 0.25) is 5.02 Å². The minimum atomic E-state index is -0.884. The number of anilines is 1. The van der Waals surface area contributed by atoms with E-state index in [1.807, 2.05) is 0 Å². The number of urea groups is 1. The molecule has 0 spiro atoms. The van der Waals surface area contributed by atoms with Gasteiger partial charge in [-0.2, -0.15) is 0 Å². The fraction of sp³-hybridized carbons (Fsp3) is 0.0556. The molecule has 1 saturated heterocycles. The summed E-state index contributed by atoms with van der Waals surface area (Å²) in [6.45, 7) is 1.77. The molecule has 0 atom stereocenters. The Balaban J connectivity index is 2.03. The van der Waals surface area contributed by atoms with Crippen LogP contribution >= 0.6 is 11.6 Å². The number of carbonyl (C=O) groups excluding carboxylic acids is 3. The van der Waals surface area contributed by atoms with Gasteiger partial charge >= 0.3 is 6.03 Å². The smallest absolute Gasteiger partial charge is 0.335 e. The Morgan fingerprint density at radius 1 is 1.04 bits per heavy atom. The number of hydrogen-bond acceptors (Lipinski definition) is 5. The van der Waals surface area contributed by atoms with E-state index in [1.165, 1.54) is 30.3 Å². The van der Waals surface area contributed by atoms with Crippen molar-refractivity contribution in [3.8, 4) is 11.5 Å². The molecule has 2 aromatic carbocycles. The molecule has 3 rings (SSSR count). The molecule has 1 aliphatic rings. The van der Waals surface area contributed by atoms with E-state index in [2.05, 4.69) is 5.32 Å². The summed E-state index contributed by atoms with van der Waals surface area (Å²) < 4.78 is 0. The fourth-order valence-electron chi connectivity index (χ4n) is 2.41. The van der Waals surface area contributed by atoms with Gasteiger partial charge in [-0.1, -0.05) is 23.7 Å². The van der Waals surface area contributed by atoms with Gasteiger partial charge in [0, 0.05) is 5.02 Å². The number of imide groups is 2. The van der Waals surface area contributed by atoms with Gasteiger partial charge in [-0.15, -0.1) is 0 Å². The third kappa shape index (κ3) is 3.12. The summed E-state index contributed by atoms with van der Waals surface area (Å²) >= 11 is 6.05. The van der Waals surface area contributed by atoms with Crippen LogP contribution < -0.4 is 10.2 Å². The highest BCUT2D eigenvalue weighted by molar-refractivity contribution is 6.39. The molecule has 3 N–H and O–H groups in total. The first-order valence-corrected chi connectivity index (χ1v) is 7.85. The van der Waals surface area contributed by atoms with Gasteiger partial charge in [-0.05, 0) is 48.4 Å². The molecule has 1 aliphatic heterocycles. The molecule has 0 unspecified atom stereocenters. The average Bonchev–Trinajstić information content (AvgIpc) is 2.57. The van der Waals surface area contributed by atoms with Crippen molar-refractivity contribution in [1.82, 2.24) is 5.32 Å². The number of nitrogens with zero attached hydrogens (tertiary/aromatic N) is 1. The molecule has 0 aromatic heterocycles. The van der Waals surface area contributed by atoms with Crippen molar-refractivity contribution in [2.24, 2.45) is 0 Å². The molecule has 7 nitrogen and oxygen atoms in total. The number of halogens is 1. The predicted octanol–water partition coefficient (Wildman–Crippen LogP) is 2.73. The monoisotopic (exact) mass is 372 g/mol. The maximum atomic E-state index is 12.7. The maximum absolute atomic E-state index is 12.7. The Morgan fingerprint density at radius 3 is 2.42 bits per heavy atom. The summed E-state index contributed by atoms with van der Waals surface area (Å²) in [6.07, 6.45) is 1.21. The second-order valence-corrected chi connectivity index (χ2v) is 6.05. The van der Waals surface area contributed by atoms with Gasteiger partial charge in [-0.3, -0.25) is 14.9 Å². The zero-order valence-corrected chi connectivity index (χ0v) is 14.2. The van der Waals surface area contributed by atoms with Gasteiger partial charge in [-0.25, -0.2) is 9.69 Å². The summed E-state index contributed by atoms with van der Waals surface area (Å²) in [7, 11) is 0. The number of carbonyl (C=O) groups is 3. The molecular weight excluding hydrogens is 360 g/mol. The number of nitrogens with one attached hydrogen (secondary N) is 1. The van der Waals surface area contributed by atoms with E-state index >= 15 is 0 Å². The zero-order chi connectivity index (χ0) is 19.0. The van der Waals surface area contributed by atoms with Crippen LogP contribution in [0.15, 0.2) is 42.0 Å². The van der Waals surface area contributed by atoms with Crippen LogP contribution in [-0.2, 0) is 9.59 Å². The standard InChI is InChI=1S/C18H13ClN2O5/c1-9-2-4-11(8-13(9)19)21-17(25)12(16(24)20-18(21)26)6-10-3-5-14(22)15(23)7-10/h2-8,22-23H,1H3,(H,20,24,26)/b12-6-. The topological polar surface area (TPSA) is 107 Å². The largest absolute Gasteiger partial charge is 0.504 e. The SMILES string of the molecule is Cc1ccc(N2C(=O)NC(=O)/C(=C/c3ccc(O)c(O)c3)C2=O)cc1Cl. The molecule has 0 saturated carbocycles. The number of benzene rings is 2. The van der Waals surface area contributed by atoms with Gasteiger partial charge in [0.05, 0.1) is 5.69 Å². The van der Waals surface area contributed by atoms with Crippen LogP contribution in [0.4, 0.5) is 10.5 Å². The Kier molecular flexibility index (Phi) is 4.40. The minimum absolute atomic E-state index is 0.218. The number of amides is 4. The first kappa shape index (κ1) is 17.5. The number of aryl methyl sites for hydroxylation is 1. The summed E-state index contributed by atoms with van der Waals surface area (Å²) in [5.41, 5.74) is 0.989. The lowest BCUT2D eigenvalue weighted by Gasteiger charge is -2.26. The molecule has 26 heavy (non-hydrogen) atoms. The summed E-state index contributed by atoms with van der Waals surface area (Å²) in [6, 6.07) is 7.57. The number of phenolic OH excluding ortho intramolecular Hbond substituents is 2. The number of hydrogen-bond donors (Lipinski definition) is 3. The van der Waals surface area contributed by atoms with Crippen molar-refractivity contribution in [3.63, 3.8) is 0 Å². The van der Waals surface area contributed by atoms with Gasteiger partial charge < -0.3 is 10.2 Å². The second-order valence-electron chi connectivity index (χ2n) is 5.64. The lowest BCUT2D eigenvalue weighted by molar-refractivity contribution is -0.122. The van der Waals surface area contributed by atoms with E-state index in [-0.39, 0.29) is 17.0 Å². The Labute approximate surface area is 153 Å². The van der Waals surface area contributed by atoms with Crippen LogP contribution in [0, 0.1) is 6.92 Å². The first-order chi connectivity index (χ1) is 12.3. The van der Waals surface area contributed by atoms with Crippen molar-refractivity contribution in [3.05, 3.63) is 58.1 Å². The zero-order valence-electron chi connectivity index (χ0n) is 13.5. The third-order valence-corrected chi connectivity index (χ3v) is 4.23. The van der Waals surface area contributed by atoms with Crippen LogP contribution in [0.3, 0.4) is 0 Å². The molecule has 2 aromatic rings. The van der Waals surface area contributed by atoms with Gasteiger partial charge in [0.15, 0.2) is 11.5 Å². The average molecular weight is 373 g/mol. The number of barbiturate groups is 1. The highest BCUT2D eigenvalue weighted by Gasteiger charge is 2.36. The van der Waals surface area contributed by atoms with Crippen LogP contribution in [-0.4, -0.2) is 28.1 Å². The van der Waals surface area contributed by atoms with Gasteiger partial charge in [0.1, 0.15) is 5.57 Å². The van der Waals surface area contributed by atoms with E-state index in [1.54, 1.807) is 19.1 Å². The minimum Gasteiger partial charge on any atom is -0.504 e. The highest BCUT2D eigenvalue weighted by Crippen LogP contribution is 2.28. The van der Waals surface area contributed by atoms with Crippen molar-refractivity contribution >= 4 is 41.2 Å².